The number of carbonyl (C=O) groups excluding carboxylic acids is 1. The van der Waals surface area contributed by atoms with E-state index in [0.29, 0.717) is 36.2 Å². The first-order valence-corrected chi connectivity index (χ1v) is 8.11. The van der Waals surface area contributed by atoms with Crippen LogP contribution in [0.4, 0.5) is 23.7 Å². The summed E-state index contributed by atoms with van der Waals surface area (Å²) in [4.78, 5) is 25.9. The number of rotatable bonds is 2. The maximum atomic E-state index is 12.9. The van der Waals surface area contributed by atoms with E-state index in [1.807, 2.05) is 6.07 Å². The van der Waals surface area contributed by atoms with Crippen molar-refractivity contribution >= 4 is 11.7 Å². The van der Waals surface area contributed by atoms with Crippen molar-refractivity contribution in [2.75, 3.05) is 18.4 Å². The molecule has 0 radical (unpaired) electrons. The molecule has 0 atom stereocenters. The van der Waals surface area contributed by atoms with Gasteiger partial charge < -0.3 is 10.2 Å². The van der Waals surface area contributed by atoms with Gasteiger partial charge in [-0.05, 0) is 25.0 Å². The highest BCUT2D eigenvalue weighted by Crippen LogP contribution is 2.28. The number of anilines is 1. The molecule has 1 N–H and O–H groups in total. The normalized spacial score (nSPS) is 15.9. The number of aromatic nitrogens is 3. The molecule has 1 fully saturated rings. The molecule has 2 amide bonds. The van der Waals surface area contributed by atoms with Crippen molar-refractivity contribution in [3.63, 3.8) is 0 Å². The number of benzene rings is 1. The lowest BCUT2D eigenvalue weighted by molar-refractivity contribution is -0.147. The van der Waals surface area contributed by atoms with Crippen LogP contribution in [0.3, 0.4) is 0 Å². The molecule has 2 aromatic rings. The van der Waals surface area contributed by atoms with Crippen molar-refractivity contribution in [1.82, 2.24) is 19.2 Å². The summed E-state index contributed by atoms with van der Waals surface area (Å²) in [7, 11) is 1.05. The number of urea groups is 1. The number of alkyl halides is 3. The number of carbonyl (C=O) groups is 1. The number of piperidine rings is 1. The molecule has 1 saturated heterocycles. The second kappa shape index (κ2) is 6.85. The van der Waals surface area contributed by atoms with E-state index in [1.165, 1.54) is 0 Å². The lowest BCUT2D eigenvalue weighted by Crippen LogP contribution is -2.43. The van der Waals surface area contributed by atoms with Gasteiger partial charge in [-0.3, -0.25) is 4.57 Å². The fraction of sp³-hybridized carbons (Fsp3) is 0.438. The van der Waals surface area contributed by atoms with E-state index in [-0.39, 0.29) is 6.03 Å². The highest BCUT2D eigenvalue weighted by Gasteiger charge is 2.39. The van der Waals surface area contributed by atoms with Crippen LogP contribution in [-0.2, 0) is 13.2 Å². The Hall–Kier alpha value is -2.78. The van der Waals surface area contributed by atoms with Gasteiger partial charge in [0.25, 0.3) is 0 Å². The van der Waals surface area contributed by atoms with E-state index >= 15 is 0 Å². The Morgan fingerprint density at radius 3 is 2.35 bits per heavy atom. The molecule has 2 heterocycles. The van der Waals surface area contributed by atoms with Gasteiger partial charge in [0.05, 0.1) is 6.04 Å². The standard InChI is InChI=1S/C16H18F3N5O2/c1-22-13(16(17,18)19)21-24(15(22)26)12-7-9-23(10-8-12)14(25)20-11-5-3-2-4-6-11/h2-6,12H,7-10H2,1H3,(H,20,25). The van der Waals surface area contributed by atoms with E-state index in [0.717, 1.165) is 11.7 Å². The molecule has 0 spiro atoms. The molecule has 3 rings (SSSR count). The Bertz CT molecular complexity index is 836. The second-order valence-corrected chi connectivity index (χ2v) is 6.12. The van der Waals surface area contributed by atoms with Crippen LogP contribution in [0.1, 0.15) is 24.7 Å². The number of hydrogen-bond acceptors (Lipinski definition) is 3. The van der Waals surface area contributed by atoms with E-state index in [9.17, 15) is 22.8 Å². The third kappa shape index (κ3) is 3.58. The molecular formula is C16H18F3N5O2. The van der Waals surface area contributed by atoms with Crippen molar-refractivity contribution in [1.29, 1.82) is 0 Å². The highest BCUT2D eigenvalue weighted by molar-refractivity contribution is 5.89. The van der Waals surface area contributed by atoms with Gasteiger partial charge in [-0.15, -0.1) is 5.10 Å². The van der Waals surface area contributed by atoms with Gasteiger partial charge in [-0.2, -0.15) is 13.2 Å². The average Bonchev–Trinajstić information content (AvgIpc) is 2.91. The van der Waals surface area contributed by atoms with Crippen LogP contribution in [0.2, 0.25) is 0 Å². The van der Waals surface area contributed by atoms with Crippen LogP contribution < -0.4 is 11.0 Å². The average molecular weight is 369 g/mol. The van der Waals surface area contributed by atoms with Crippen molar-refractivity contribution in [3.05, 3.63) is 46.6 Å². The molecule has 0 bridgehead atoms. The summed E-state index contributed by atoms with van der Waals surface area (Å²) in [6.45, 7) is 0.654. The first-order chi connectivity index (χ1) is 12.3. The molecule has 1 aromatic heterocycles. The third-order valence-electron chi connectivity index (χ3n) is 4.38. The topological polar surface area (TPSA) is 72.2 Å². The summed E-state index contributed by atoms with van der Waals surface area (Å²) in [6, 6.07) is 8.21. The van der Waals surface area contributed by atoms with Crippen LogP contribution in [0, 0.1) is 0 Å². The maximum Gasteiger partial charge on any atom is 0.451 e. The number of para-hydroxylation sites is 1. The lowest BCUT2D eigenvalue weighted by Gasteiger charge is -2.31. The zero-order valence-corrected chi connectivity index (χ0v) is 14.0. The van der Waals surface area contributed by atoms with Gasteiger partial charge in [-0.25, -0.2) is 14.3 Å². The number of nitrogens with one attached hydrogen (secondary N) is 1. The van der Waals surface area contributed by atoms with E-state index in [4.69, 9.17) is 0 Å². The first kappa shape index (κ1) is 18.0. The molecule has 0 unspecified atom stereocenters. The molecule has 0 saturated carbocycles. The number of halogens is 3. The zero-order chi connectivity index (χ0) is 18.9. The SMILES string of the molecule is Cn1c(C(F)(F)F)nn(C2CCN(C(=O)Nc3ccccc3)CC2)c1=O. The van der Waals surface area contributed by atoms with Crippen molar-refractivity contribution < 1.29 is 18.0 Å². The Kier molecular flexibility index (Phi) is 4.75. The summed E-state index contributed by atoms with van der Waals surface area (Å²) in [5.41, 5.74) is -0.139. The maximum absolute atomic E-state index is 12.9. The minimum absolute atomic E-state index is 0.279. The summed E-state index contributed by atoms with van der Waals surface area (Å²) in [5.74, 6) is -1.22. The number of amides is 2. The molecule has 0 aliphatic carbocycles. The predicted molar refractivity (Wildman–Crippen MR) is 87.8 cm³/mol. The van der Waals surface area contributed by atoms with Gasteiger partial charge in [0.15, 0.2) is 0 Å². The number of nitrogens with zero attached hydrogens (tertiary/aromatic N) is 4. The molecule has 7 nitrogen and oxygen atoms in total. The molecular weight excluding hydrogens is 351 g/mol. The van der Waals surface area contributed by atoms with Gasteiger partial charge in [-0.1, -0.05) is 18.2 Å². The van der Waals surface area contributed by atoms with Gasteiger partial charge >= 0.3 is 17.9 Å². The van der Waals surface area contributed by atoms with Crippen molar-refractivity contribution in [3.8, 4) is 0 Å². The molecule has 26 heavy (non-hydrogen) atoms. The van der Waals surface area contributed by atoms with Gasteiger partial charge in [0, 0.05) is 25.8 Å². The molecule has 1 aromatic carbocycles. The number of hydrogen-bond donors (Lipinski definition) is 1. The highest BCUT2D eigenvalue weighted by atomic mass is 19.4. The lowest BCUT2D eigenvalue weighted by atomic mass is 10.1. The summed E-state index contributed by atoms with van der Waals surface area (Å²) < 4.78 is 40.1. The third-order valence-corrected chi connectivity index (χ3v) is 4.38. The second-order valence-electron chi connectivity index (χ2n) is 6.12. The molecule has 10 heteroatoms. The monoisotopic (exact) mass is 369 g/mol. The van der Waals surface area contributed by atoms with Crippen molar-refractivity contribution in [2.45, 2.75) is 25.1 Å². The van der Waals surface area contributed by atoms with Crippen LogP contribution in [0.5, 0.6) is 0 Å². The van der Waals surface area contributed by atoms with E-state index in [1.54, 1.807) is 29.2 Å². The van der Waals surface area contributed by atoms with Crippen LogP contribution in [0.25, 0.3) is 0 Å². The Balaban J connectivity index is 1.66. The van der Waals surface area contributed by atoms with Gasteiger partial charge in [0.2, 0.25) is 5.82 Å². The smallest absolute Gasteiger partial charge is 0.324 e. The summed E-state index contributed by atoms with van der Waals surface area (Å²) in [5, 5.41) is 6.23. The Morgan fingerprint density at radius 1 is 1.19 bits per heavy atom. The molecule has 1 aliphatic heterocycles. The fourth-order valence-electron chi connectivity index (χ4n) is 2.98. The molecule has 140 valence electrons. The fourth-order valence-corrected chi connectivity index (χ4v) is 2.98. The predicted octanol–water partition coefficient (Wildman–Crippen LogP) is 2.47. The molecule has 1 aliphatic rings. The largest absolute Gasteiger partial charge is 0.451 e. The quantitative estimate of drug-likeness (QED) is 0.884. The van der Waals surface area contributed by atoms with Crippen LogP contribution in [0.15, 0.2) is 35.1 Å². The minimum atomic E-state index is -4.69. The van der Waals surface area contributed by atoms with E-state index < -0.39 is 23.7 Å². The number of likely N-dealkylation sites (tertiary alicyclic amines) is 1. The summed E-state index contributed by atoms with van der Waals surface area (Å²) >= 11 is 0. The first-order valence-electron chi connectivity index (χ1n) is 8.11. The minimum Gasteiger partial charge on any atom is -0.324 e. The Morgan fingerprint density at radius 2 is 1.81 bits per heavy atom. The zero-order valence-electron chi connectivity index (χ0n) is 14.0. The van der Waals surface area contributed by atoms with E-state index in [2.05, 4.69) is 10.4 Å². The summed E-state index contributed by atoms with van der Waals surface area (Å²) in [6.07, 6.45) is -3.97. The van der Waals surface area contributed by atoms with Crippen LogP contribution in [-0.4, -0.2) is 38.4 Å². The van der Waals surface area contributed by atoms with Crippen molar-refractivity contribution in [2.24, 2.45) is 7.05 Å². The van der Waals surface area contributed by atoms with Gasteiger partial charge in [0.1, 0.15) is 0 Å². The Labute approximate surface area is 147 Å². The van der Waals surface area contributed by atoms with Crippen LogP contribution >= 0.6 is 0 Å².